The van der Waals surface area contributed by atoms with E-state index in [9.17, 15) is 28.2 Å². The van der Waals surface area contributed by atoms with Gasteiger partial charge in [0.1, 0.15) is 23.9 Å². The van der Waals surface area contributed by atoms with E-state index in [-0.39, 0.29) is 28.6 Å². The van der Waals surface area contributed by atoms with Gasteiger partial charge in [-0.1, -0.05) is 26.5 Å². The van der Waals surface area contributed by atoms with Gasteiger partial charge in [0.25, 0.3) is 5.91 Å². The minimum Gasteiger partial charge on any atom is -0.508 e. The third-order valence-corrected chi connectivity index (χ3v) is 6.52. The topological polar surface area (TPSA) is 103 Å². The molecule has 0 atom stereocenters. The number of likely N-dealkylation sites (N-methyl/N-ethyl adjacent to an activating group) is 1. The number of aromatic hydroxyl groups is 2. The number of carbonyl (C=O) groups is 1. The molecular formula is C27H33F4N5O3. The molecule has 0 aromatic heterocycles. The van der Waals surface area contributed by atoms with Gasteiger partial charge in [-0.2, -0.15) is 13.2 Å². The van der Waals surface area contributed by atoms with Crippen LogP contribution in [0.15, 0.2) is 36.9 Å². The molecule has 0 spiro atoms. The van der Waals surface area contributed by atoms with Gasteiger partial charge < -0.3 is 20.4 Å². The molecule has 1 amide bonds. The number of hydrogen-bond acceptors (Lipinski definition) is 6. The lowest BCUT2D eigenvalue weighted by Crippen LogP contribution is -2.45. The first-order chi connectivity index (χ1) is 18.2. The number of halogens is 4. The van der Waals surface area contributed by atoms with E-state index in [1.165, 1.54) is 18.2 Å². The second kappa shape index (κ2) is 12.0. The average Bonchev–Trinajstić information content (AvgIpc) is 2.84. The number of piperazine rings is 1. The van der Waals surface area contributed by atoms with E-state index in [1.54, 1.807) is 19.2 Å². The highest BCUT2D eigenvalue weighted by Gasteiger charge is 2.31. The molecular weight excluding hydrogens is 518 g/mol. The average molecular weight is 552 g/mol. The summed E-state index contributed by atoms with van der Waals surface area (Å²) in [5.41, 5.74) is 0.576. The first kappa shape index (κ1) is 29.9. The molecule has 1 heterocycles. The fourth-order valence-electron chi connectivity index (χ4n) is 4.24. The van der Waals surface area contributed by atoms with E-state index in [0.29, 0.717) is 17.7 Å². The fourth-order valence-corrected chi connectivity index (χ4v) is 4.24. The zero-order chi connectivity index (χ0) is 29.1. The van der Waals surface area contributed by atoms with Crippen molar-refractivity contribution in [2.45, 2.75) is 32.5 Å². The standard InChI is InChI=1S/C27H33F4N5O3/c1-16(2)20-12-21(24(38)13-23(20)37)17(3)36(25(32)26(39)33-15-27(29,30)31)19-6-5-18(22(28)11-19)14-35-9-7-34(4)8-10-35/h5-6,11-13,16,32,37-38H,3,7-10,14-15H2,1-2,4H3,(H,33,39). The minimum absolute atomic E-state index is 0.00629. The number of carbonyl (C=O) groups excluding carboxylic acids is 1. The number of amides is 1. The van der Waals surface area contributed by atoms with Gasteiger partial charge in [-0.3, -0.25) is 20.0 Å². The van der Waals surface area contributed by atoms with Crippen LogP contribution in [0.5, 0.6) is 11.5 Å². The molecule has 1 fully saturated rings. The van der Waals surface area contributed by atoms with Gasteiger partial charge in [0.15, 0.2) is 5.84 Å². The second-order valence-electron chi connectivity index (χ2n) is 9.87. The Bertz CT molecular complexity index is 1240. The molecule has 212 valence electrons. The van der Waals surface area contributed by atoms with Crippen molar-refractivity contribution >= 4 is 23.1 Å². The van der Waals surface area contributed by atoms with Crippen LogP contribution < -0.4 is 10.2 Å². The third-order valence-electron chi connectivity index (χ3n) is 6.52. The summed E-state index contributed by atoms with van der Waals surface area (Å²) in [6.07, 6.45) is -4.71. The lowest BCUT2D eigenvalue weighted by Gasteiger charge is -2.32. The van der Waals surface area contributed by atoms with Gasteiger partial charge in [0, 0.05) is 49.9 Å². The molecule has 0 unspecified atom stereocenters. The minimum atomic E-state index is -4.71. The molecule has 0 aliphatic carbocycles. The largest absolute Gasteiger partial charge is 0.508 e. The monoisotopic (exact) mass is 551 g/mol. The van der Waals surface area contributed by atoms with Crippen molar-refractivity contribution in [1.29, 1.82) is 5.41 Å². The smallest absolute Gasteiger partial charge is 0.405 e. The van der Waals surface area contributed by atoms with E-state index >= 15 is 4.39 Å². The highest BCUT2D eigenvalue weighted by atomic mass is 19.4. The summed E-state index contributed by atoms with van der Waals surface area (Å²) in [6.45, 7) is 9.29. The van der Waals surface area contributed by atoms with Crippen LogP contribution in [0.2, 0.25) is 0 Å². The van der Waals surface area contributed by atoms with E-state index in [4.69, 9.17) is 5.41 Å². The summed E-state index contributed by atoms with van der Waals surface area (Å²) in [5.74, 6) is -3.80. The Labute approximate surface area is 224 Å². The highest BCUT2D eigenvalue weighted by Crippen LogP contribution is 2.38. The van der Waals surface area contributed by atoms with Crippen LogP contribution in [0.1, 0.15) is 36.5 Å². The SMILES string of the molecule is C=C(c1cc(C(C)C)c(O)cc1O)N(C(=N)C(=O)NCC(F)(F)F)c1ccc(CN2CCN(C)CC2)c(F)c1. The zero-order valence-electron chi connectivity index (χ0n) is 22.1. The number of hydrogen-bond donors (Lipinski definition) is 4. The molecule has 1 aliphatic rings. The number of anilines is 1. The predicted molar refractivity (Wildman–Crippen MR) is 141 cm³/mol. The molecule has 1 saturated heterocycles. The van der Waals surface area contributed by atoms with Gasteiger partial charge in [-0.15, -0.1) is 0 Å². The Kier molecular flexibility index (Phi) is 9.23. The summed E-state index contributed by atoms with van der Waals surface area (Å²) in [6, 6.07) is 6.47. The van der Waals surface area contributed by atoms with Gasteiger partial charge in [-0.25, -0.2) is 4.39 Å². The molecule has 39 heavy (non-hydrogen) atoms. The van der Waals surface area contributed by atoms with Crippen molar-refractivity contribution in [2.75, 3.05) is 44.7 Å². The number of alkyl halides is 3. The van der Waals surface area contributed by atoms with Crippen LogP contribution in [0.4, 0.5) is 23.2 Å². The summed E-state index contributed by atoms with van der Waals surface area (Å²) < 4.78 is 53.4. The lowest BCUT2D eigenvalue weighted by atomic mass is 9.97. The van der Waals surface area contributed by atoms with E-state index < -0.39 is 36.0 Å². The third kappa shape index (κ3) is 7.48. The summed E-state index contributed by atoms with van der Waals surface area (Å²) in [5, 5.41) is 30.8. The lowest BCUT2D eigenvalue weighted by molar-refractivity contribution is -0.134. The van der Waals surface area contributed by atoms with Crippen LogP contribution in [0.3, 0.4) is 0 Å². The van der Waals surface area contributed by atoms with Crippen LogP contribution in [0.25, 0.3) is 5.70 Å². The first-order valence-electron chi connectivity index (χ1n) is 12.4. The van der Waals surface area contributed by atoms with Gasteiger partial charge in [-0.05, 0) is 36.7 Å². The molecule has 12 heteroatoms. The predicted octanol–water partition coefficient (Wildman–Crippen LogP) is 4.24. The van der Waals surface area contributed by atoms with Gasteiger partial charge in [0.05, 0.1) is 11.4 Å². The van der Waals surface area contributed by atoms with Crippen molar-refractivity contribution < 1.29 is 32.6 Å². The van der Waals surface area contributed by atoms with E-state index in [0.717, 1.165) is 43.2 Å². The second-order valence-corrected chi connectivity index (χ2v) is 9.87. The van der Waals surface area contributed by atoms with Crippen molar-refractivity contribution in [3.8, 4) is 11.5 Å². The van der Waals surface area contributed by atoms with Crippen LogP contribution in [0, 0.1) is 11.2 Å². The Hall–Kier alpha value is -3.64. The number of phenolic OH excluding ortho intramolecular Hbond substituents is 2. The summed E-state index contributed by atoms with van der Waals surface area (Å²) in [4.78, 5) is 17.7. The van der Waals surface area contributed by atoms with Crippen molar-refractivity contribution in [1.82, 2.24) is 15.1 Å². The van der Waals surface area contributed by atoms with Crippen molar-refractivity contribution in [2.24, 2.45) is 0 Å². The molecule has 8 nitrogen and oxygen atoms in total. The maximum Gasteiger partial charge on any atom is 0.405 e. The first-order valence-corrected chi connectivity index (χ1v) is 12.4. The number of phenols is 2. The summed E-state index contributed by atoms with van der Waals surface area (Å²) in [7, 11) is 2.00. The maximum absolute atomic E-state index is 15.3. The van der Waals surface area contributed by atoms with Gasteiger partial charge in [0.2, 0.25) is 0 Å². The number of rotatable bonds is 7. The zero-order valence-corrected chi connectivity index (χ0v) is 22.1. The highest BCUT2D eigenvalue weighted by molar-refractivity contribution is 6.44. The van der Waals surface area contributed by atoms with Gasteiger partial charge >= 0.3 is 6.18 Å². The van der Waals surface area contributed by atoms with Crippen LogP contribution in [-0.4, -0.2) is 77.7 Å². The molecule has 3 rings (SSSR count). The molecule has 1 aliphatic heterocycles. The number of nitrogens with one attached hydrogen (secondary N) is 2. The molecule has 2 aromatic carbocycles. The van der Waals surface area contributed by atoms with E-state index in [1.807, 2.05) is 7.05 Å². The molecule has 0 bridgehead atoms. The fraction of sp³-hybridized carbons (Fsp3) is 0.407. The molecule has 0 saturated carbocycles. The maximum atomic E-state index is 15.3. The number of amidine groups is 1. The van der Waals surface area contributed by atoms with Crippen LogP contribution in [-0.2, 0) is 11.3 Å². The number of nitrogens with zero attached hydrogens (tertiary/aromatic N) is 3. The number of benzene rings is 2. The Balaban J connectivity index is 1.99. The molecule has 4 N–H and O–H groups in total. The van der Waals surface area contributed by atoms with Crippen LogP contribution >= 0.6 is 0 Å². The van der Waals surface area contributed by atoms with Crippen molar-refractivity contribution in [3.63, 3.8) is 0 Å². The molecule has 2 aromatic rings. The Morgan fingerprint density at radius 2 is 1.77 bits per heavy atom. The Morgan fingerprint density at radius 3 is 2.33 bits per heavy atom. The quantitative estimate of drug-likeness (QED) is 0.233. The normalized spacial score (nSPS) is 14.9. The molecule has 0 radical (unpaired) electrons. The Morgan fingerprint density at radius 1 is 1.13 bits per heavy atom. The van der Waals surface area contributed by atoms with Crippen molar-refractivity contribution in [3.05, 3.63) is 59.4 Å². The summed E-state index contributed by atoms with van der Waals surface area (Å²) >= 11 is 0. The van der Waals surface area contributed by atoms with E-state index in [2.05, 4.69) is 16.4 Å².